The van der Waals surface area contributed by atoms with E-state index in [1.807, 2.05) is 0 Å². The Morgan fingerprint density at radius 2 is 0.957 bits per heavy atom. The molecular weight excluding hydrogens is 739 g/mol. The second-order valence-electron chi connectivity index (χ2n) is 15.7. The molecule has 1 saturated carbocycles. The van der Waals surface area contributed by atoms with Crippen molar-refractivity contribution < 1.29 is 11.9 Å². The maximum atomic E-state index is 8.38. The topological polar surface area (TPSA) is 24.5 Å². The molecule has 4 aromatic carbocycles. The van der Waals surface area contributed by atoms with Gasteiger partial charge < -0.3 is 0 Å². The van der Waals surface area contributed by atoms with E-state index in [-0.39, 0.29) is 22.9 Å². The van der Waals surface area contributed by atoms with Gasteiger partial charge >= 0.3 is 288 Å². The van der Waals surface area contributed by atoms with Crippen LogP contribution in [-0.2, 0) is 10.8 Å². The molecule has 0 N–H and O–H groups in total. The molecular formula is C40H44Cl2N2O2Te+2. The summed E-state index contributed by atoms with van der Waals surface area (Å²) in [7, 11) is 16.8. The first kappa shape index (κ1) is 31.5. The Bertz CT molecular complexity index is 1890. The number of benzene rings is 4. The summed E-state index contributed by atoms with van der Waals surface area (Å²) in [6.07, 6.45) is 8.56. The average Bonchev–Trinajstić information content (AvgIpc) is 3.22. The van der Waals surface area contributed by atoms with Crippen molar-refractivity contribution in [2.75, 3.05) is 0 Å². The first-order valence-corrected chi connectivity index (χ1v) is 26.7. The molecule has 4 nitrogen and oxygen atoms in total. The third-order valence-corrected chi connectivity index (χ3v) is 26.2. The van der Waals surface area contributed by atoms with Gasteiger partial charge in [0.25, 0.3) is 0 Å². The fourth-order valence-corrected chi connectivity index (χ4v) is 24.6. The zero-order chi connectivity index (χ0) is 33.0. The number of nitrogens with zero attached hydrogens (tertiary/aromatic N) is 2. The van der Waals surface area contributed by atoms with Crippen LogP contribution in [-0.4, -0.2) is 44.7 Å². The van der Waals surface area contributed by atoms with Crippen LogP contribution in [0.5, 0.6) is 11.5 Å². The summed E-state index contributed by atoms with van der Waals surface area (Å²) in [6.45, 7) is 13.3. The predicted octanol–water partition coefficient (Wildman–Crippen LogP) is 10.1. The van der Waals surface area contributed by atoms with Crippen molar-refractivity contribution in [3.8, 4) is 33.8 Å². The molecule has 0 amide bonds. The van der Waals surface area contributed by atoms with Crippen LogP contribution in [0.15, 0.2) is 84.9 Å². The van der Waals surface area contributed by atoms with Gasteiger partial charge in [0.2, 0.25) is 0 Å². The second kappa shape index (κ2) is 9.88. The summed E-state index contributed by atoms with van der Waals surface area (Å²) in [4.78, 5) is 0. The van der Waals surface area contributed by atoms with Gasteiger partial charge in [-0.25, -0.2) is 0 Å². The van der Waals surface area contributed by atoms with Crippen LogP contribution in [0.2, 0.25) is 0 Å². The molecule has 7 heteroatoms. The van der Waals surface area contributed by atoms with E-state index in [0.29, 0.717) is 0 Å². The van der Waals surface area contributed by atoms with E-state index in [0.717, 1.165) is 81.7 Å². The zero-order valence-electron chi connectivity index (χ0n) is 28.1. The molecule has 4 aliphatic rings. The second-order valence-corrected chi connectivity index (χ2v) is 35.2. The summed E-state index contributed by atoms with van der Waals surface area (Å²) in [5, 5.41) is 0. The summed E-state index contributed by atoms with van der Waals surface area (Å²) < 4.78 is 19.4. The Balaban J connectivity index is 1.43. The van der Waals surface area contributed by atoms with Gasteiger partial charge in [-0.1, -0.05) is 0 Å². The maximum absolute atomic E-state index is 8.38. The van der Waals surface area contributed by atoms with Crippen molar-refractivity contribution in [3.05, 3.63) is 107 Å². The van der Waals surface area contributed by atoms with Crippen LogP contribution in [0.3, 0.4) is 0 Å². The number of fused-ring (bicyclic) bond motifs is 5. The first-order chi connectivity index (χ1) is 22.1. The molecule has 8 rings (SSSR count). The van der Waals surface area contributed by atoms with Crippen LogP contribution >= 0.6 is 17.9 Å². The van der Waals surface area contributed by atoms with Crippen molar-refractivity contribution in [3.63, 3.8) is 0 Å². The molecule has 244 valence electrons. The van der Waals surface area contributed by atoms with E-state index in [4.69, 9.17) is 24.1 Å². The number of hydrogen-bond acceptors (Lipinski definition) is 2. The van der Waals surface area contributed by atoms with Crippen LogP contribution < -0.4 is 6.20 Å². The van der Waals surface area contributed by atoms with Gasteiger partial charge in [-0.15, -0.1) is 0 Å². The molecule has 0 aromatic heterocycles. The van der Waals surface area contributed by atoms with E-state index in [2.05, 4.69) is 145 Å². The fraction of sp³-hybridized carbons (Fsp3) is 0.350. The predicted molar refractivity (Wildman–Crippen MR) is 197 cm³/mol. The van der Waals surface area contributed by atoms with Gasteiger partial charge in [0.05, 0.1) is 0 Å². The van der Waals surface area contributed by atoms with Crippen molar-refractivity contribution in [1.29, 1.82) is 0 Å². The molecule has 3 aliphatic heterocycles. The quantitative estimate of drug-likeness (QED) is 0.189. The van der Waals surface area contributed by atoms with Gasteiger partial charge in [-0.05, 0) is 0 Å². The SMILES string of the molecule is CC(C)(C)c1cc(-c2ccccc2)cc2c1O[Te]13(Cl)(Cl)Oc4c(cc(-c5ccccc5)cc4C(C)(C)C)C=[N+]1[C@@H]1CCCC[C@H]1[N+]3=C2. The van der Waals surface area contributed by atoms with E-state index >= 15 is 0 Å². The molecule has 1 saturated heterocycles. The molecule has 0 unspecified atom stereocenters. The Kier molecular flexibility index (Phi) is 6.62. The van der Waals surface area contributed by atoms with Crippen LogP contribution in [0, 0.1) is 0 Å². The van der Waals surface area contributed by atoms with Gasteiger partial charge in [-0.2, -0.15) is 0 Å². The molecule has 2 fully saturated rings. The minimum atomic E-state index is -6.43. The molecule has 0 bridgehead atoms. The van der Waals surface area contributed by atoms with Crippen molar-refractivity contribution >= 4 is 44.9 Å². The Morgan fingerprint density at radius 1 is 0.574 bits per heavy atom. The van der Waals surface area contributed by atoms with Crippen LogP contribution in [0.1, 0.15) is 89.5 Å². The van der Waals surface area contributed by atoms with E-state index in [1.54, 1.807) is 0 Å². The summed E-state index contributed by atoms with van der Waals surface area (Å²) in [5.74, 6) is 1.45. The molecule has 0 radical (unpaired) electrons. The first-order valence-electron chi connectivity index (χ1n) is 16.8. The van der Waals surface area contributed by atoms with Crippen molar-refractivity contribution in [2.24, 2.45) is 0 Å². The van der Waals surface area contributed by atoms with E-state index in [1.165, 1.54) is 0 Å². The Labute approximate surface area is 286 Å². The molecule has 47 heavy (non-hydrogen) atoms. The van der Waals surface area contributed by atoms with Gasteiger partial charge in [0, 0.05) is 0 Å². The monoisotopic (exact) mass is 784 g/mol. The molecule has 4 aromatic rings. The van der Waals surface area contributed by atoms with Gasteiger partial charge in [0.1, 0.15) is 0 Å². The van der Waals surface area contributed by atoms with Crippen LogP contribution in [0.4, 0.5) is 0 Å². The fourth-order valence-electron chi connectivity index (χ4n) is 7.94. The minimum absolute atomic E-state index is 0.0633. The summed E-state index contributed by atoms with van der Waals surface area (Å²) in [5.41, 5.74) is 8.21. The Morgan fingerprint density at radius 3 is 1.32 bits per heavy atom. The standard InChI is InChI=1S/C40H44Cl2N2O2Te/c1-39(2,3)33-23-29(27-15-9-7-10-16-27)21-31-25-43-35-19-13-14-20-36(35)44-26-32-22-30(28-17-11-8-12-18-28)24-34(40(4,5)6)38(32)46-47(43,44,41,42)45-37(31)33/h7-12,15-18,21-26,35-36H,13-14,19-20H2,1-6H3/q+2/t35-,36-/m1/s1. The van der Waals surface area contributed by atoms with Gasteiger partial charge in [0.15, 0.2) is 0 Å². The van der Waals surface area contributed by atoms with Crippen LogP contribution in [0.25, 0.3) is 22.3 Å². The van der Waals surface area contributed by atoms with E-state index < -0.39 is 14.6 Å². The van der Waals surface area contributed by atoms with Gasteiger partial charge in [-0.3, -0.25) is 0 Å². The third kappa shape index (κ3) is 4.60. The Hall–Kier alpha value is -2.81. The summed E-state index contributed by atoms with van der Waals surface area (Å²) in [6, 6.07) is 30.2. The molecule has 1 aliphatic carbocycles. The van der Waals surface area contributed by atoms with E-state index in [9.17, 15) is 0 Å². The normalized spacial score (nSPS) is 24.4. The summed E-state index contributed by atoms with van der Waals surface area (Å²) >= 11 is -6.43. The number of rotatable bonds is 2. The molecule has 1 spiro atoms. The molecule has 2 atom stereocenters. The van der Waals surface area contributed by atoms with Crippen molar-refractivity contribution in [2.45, 2.75) is 90.1 Å². The number of hydrogen-bond donors (Lipinski definition) is 0. The van der Waals surface area contributed by atoms with Crippen molar-refractivity contribution in [1.82, 2.24) is 0 Å². The average molecular weight is 783 g/mol. The zero-order valence-corrected chi connectivity index (χ0v) is 31.9. The molecule has 3 heterocycles. The third-order valence-electron chi connectivity index (χ3n) is 10.3. The number of halogens is 2.